The van der Waals surface area contributed by atoms with Crippen LogP contribution in [0, 0.1) is 0 Å². The van der Waals surface area contributed by atoms with E-state index in [9.17, 15) is 4.79 Å². The number of rotatable bonds is 5. The van der Waals surface area contributed by atoms with E-state index in [4.69, 9.17) is 34.3 Å². The first-order valence-electron chi connectivity index (χ1n) is 7.32. The van der Waals surface area contributed by atoms with Crippen molar-refractivity contribution < 1.29 is 9.53 Å². The van der Waals surface area contributed by atoms with E-state index in [1.165, 1.54) is 0 Å². The van der Waals surface area contributed by atoms with E-state index < -0.39 is 6.09 Å². The molecule has 7 heteroatoms. The van der Waals surface area contributed by atoms with Gasteiger partial charge in [-0.25, -0.2) is 4.79 Å². The average molecular weight is 440 g/mol. The first-order chi connectivity index (χ1) is 11.9. The lowest BCUT2D eigenvalue weighted by atomic mass is 10.1. The van der Waals surface area contributed by atoms with Gasteiger partial charge in [0.15, 0.2) is 0 Å². The summed E-state index contributed by atoms with van der Waals surface area (Å²) in [5.74, 6) is 0. The van der Waals surface area contributed by atoms with Crippen molar-refractivity contribution in [2.75, 3.05) is 0 Å². The van der Waals surface area contributed by atoms with Gasteiger partial charge in [0.05, 0.1) is 10.6 Å². The first-order valence-corrected chi connectivity index (χ1v) is 8.90. The van der Waals surface area contributed by atoms with Crippen LogP contribution in [0.5, 0.6) is 0 Å². The normalized spacial score (nSPS) is 11.5. The summed E-state index contributed by atoms with van der Waals surface area (Å²) in [4.78, 5) is 12.5. The molecule has 0 aliphatic carbocycles. The summed E-state index contributed by atoms with van der Waals surface area (Å²) < 4.78 is 6.14. The van der Waals surface area contributed by atoms with Gasteiger partial charge in [-0.1, -0.05) is 70.1 Å². The van der Waals surface area contributed by atoms with Crippen LogP contribution in [0.2, 0.25) is 5.02 Å². The van der Waals surface area contributed by atoms with Crippen LogP contribution in [0.1, 0.15) is 18.1 Å². The molecule has 0 radical (unpaired) electrons. The smallest absolute Gasteiger partial charge is 0.412 e. The monoisotopic (exact) mass is 438 g/mol. The molecule has 0 atom stereocenters. The van der Waals surface area contributed by atoms with E-state index in [2.05, 4.69) is 21.2 Å². The van der Waals surface area contributed by atoms with Crippen molar-refractivity contribution >= 4 is 50.7 Å². The number of ether oxygens (including phenoxy) is 1. The zero-order valence-corrected chi connectivity index (χ0v) is 16.5. The fourth-order valence-electron chi connectivity index (χ4n) is 1.98. The van der Waals surface area contributed by atoms with Crippen molar-refractivity contribution in [2.24, 2.45) is 5.73 Å². The van der Waals surface area contributed by atoms with Crippen LogP contribution in [-0.4, -0.2) is 11.0 Å². The van der Waals surface area contributed by atoms with Crippen molar-refractivity contribution in [3.8, 4) is 0 Å². The number of nitrogens with one attached hydrogen (secondary N) is 1. The number of carbonyl (C=O) groups excluding carboxylic acids is 1. The number of nitrogens with two attached hydrogens (primary N) is 1. The van der Waals surface area contributed by atoms with E-state index in [0.717, 1.165) is 10.0 Å². The lowest BCUT2D eigenvalue weighted by Gasteiger charge is -2.14. The maximum atomic E-state index is 12.1. The van der Waals surface area contributed by atoms with Gasteiger partial charge in [-0.05, 0) is 30.7 Å². The molecule has 0 fully saturated rings. The highest BCUT2D eigenvalue weighted by Crippen LogP contribution is 2.17. The minimum absolute atomic E-state index is 0.0491. The molecule has 0 aromatic heterocycles. The molecule has 3 N–H and O–H groups in total. The third-order valence-corrected chi connectivity index (χ3v) is 4.61. The van der Waals surface area contributed by atoms with Crippen molar-refractivity contribution in [2.45, 2.75) is 13.5 Å². The van der Waals surface area contributed by atoms with Crippen LogP contribution in [0.3, 0.4) is 0 Å². The number of allylic oxidation sites excluding steroid dienone is 2. The van der Waals surface area contributed by atoms with Gasteiger partial charge in [0, 0.05) is 20.8 Å². The van der Waals surface area contributed by atoms with Crippen LogP contribution in [0.4, 0.5) is 4.79 Å². The number of halogens is 2. The van der Waals surface area contributed by atoms with E-state index >= 15 is 0 Å². The number of carbonyl (C=O) groups is 1. The molecule has 0 heterocycles. The minimum atomic E-state index is -0.654. The number of hydrogen-bond acceptors (Lipinski definition) is 4. The molecule has 0 spiro atoms. The standard InChI is InChI=1S/C18H16BrClN2O2S/c1-11(21)16(17(25)12-6-8-14(19)9-7-12)22-18(23)24-10-13-4-2-3-5-15(13)20/h2-9H,10,21H2,1H3,(H,22,23). The van der Waals surface area contributed by atoms with Gasteiger partial charge in [-0.2, -0.15) is 0 Å². The van der Waals surface area contributed by atoms with Crippen LogP contribution in [0.15, 0.2) is 64.4 Å². The largest absolute Gasteiger partial charge is 0.444 e. The SMILES string of the molecule is CC(N)=C(NC(=O)OCc1ccccc1Cl)C(=S)c1ccc(Br)cc1. The highest BCUT2D eigenvalue weighted by Gasteiger charge is 2.15. The van der Waals surface area contributed by atoms with Gasteiger partial charge < -0.3 is 10.5 Å². The van der Waals surface area contributed by atoms with Crippen LogP contribution in [-0.2, 0) is 11.3 Å². The Bertz CT molecular complexity index is 818. The fraction of sp³-hybridized carbons (Fsp3) is 0.111. The third-order valence-electron chi connectivity index (χ3n) is 3.27. The Labute approximate surface area is 165 Å². The van der Waals surface area contributed by atoms with Crippen molar-refractivity contribution in [3.05, 3.63) is 80.5 Å². The first kappa shape index (κ1) is 19.4. The molecule has 0 aliphatic rings. The number of benzene rings is 2. The number of hydrogen-bond donors (Lipinski definition) is 2. The topological polar surface area (TPSA) is 64.3 Å². The third kappa shape index (κ3) is 5.56. The molecule has 2 aromatic carbocycles. The highest BCUT2D eigenvalue weighted by atomic mass is 79.9. The van der Waals surface area contributed by atoms with E-state index in [1.807, 2.05) is 30.3 Å². The Kier molecular flexibility index (Phi) is 6.99. The quantitative estimate of drug-likeness (QED) is 0.393. The van der Waals surface area contributed by atoms with Gasteiger partial charge in [-0.15, -0.1) is 0 Å². The zero-order chi connectivity index (χ0) is 18.4. The average Bonchev–Trinajstić information content (AvgIpc) is 2.59. The number of amides is 1. The molecular weight excluding hydrogens is 424 g/mol. The Hall–Kier alpha value is -1.89. The van der Waals surface area contributed by atoms with E-state index in [0.29, 0.717) is 26.8 Å². The molecule has 0 aliphatic heterocycles. The lowest BCUT2D eigenvalue weighted by molar-refractivity contribution is 0.143. The predicted octanol–water partition coefficient (Wildman–Crippen LogP) is 4.94. The van der Waals surface area contributed by atoms with E-state index in [-0.39, 0.29) is 6.61 Å². The Morgan fingerprint density at radius 2 is 1.88 bits per heavy atom. The van der Waals surface area contributed by atoms with Crippen LogP contribution in [0.25, 0.3) is 0 Å². The summed E-state index contributed by atoms with van der Waals surface area (Å²) in [5, 5.41) is 3.15. The maximum Gasteiger partial charge on any atom is 0.412 e. The fourth-order valence-corrected chi connectivity index (χ4v) is 2.78. The zero-order valence-electron chi connectivity index (χ0n) is 13.4. The Morgan fingerprint density at radius 3 is 2.48 bits per heavy atom. The summed E-state index contributed by atoms with van der Waals surface area (Å²) >= 11 is 14.8. The Morgan fingerprint density at radius 1 is 1.24 bits per heavy atom. The van der Waals surface area contributed by atoms with Gasteiger partial charge in [0.2, 0.25) is 0 Å². The number of alkyl carbamates (subject to hydrolysis) is 1. The minimum Gasteiger partial charge on any atom is -0.444 e. The molecule has 25 heavy (non-hydrogen) atoms. The van der Waals surface area contributed by atoms with Crippen molar-refractivity contribution in [3.63, 3.8) is 0 Å². The summed E-state index contributed by atoms with van der Waals surface area (Å²) in [6.45, 7) is 1.71. The molecular formula is C18H16BrClN2O2S. The highest BCUT2D eigenvalue weighted by molar-refractivity contribution is 9.10. The molecule has 2 rings (SSSR count). The molecule has 1 amide bonds. The summed E-state index contributed by atoms with van der Waals surface area (Å²) in [7, 11) is 0. The van der Waals surface area contributed by atoms with Gasteiger partial charge in [0.1, 0.15) is 6.61 Å². The second-order valence-corrected chi connectivity index (χ2v) is 6.92. The number of thiocarbonyl (C=S) groups is 1. The molecule has 0 unspecified atom stereocenters. The molecule has 2 aromatic rings. The van der Waals surface area contributed by atoms with Crippen molar-refractivity contribution in [1.29, 1.82) is 0 Å². The molecule has 0 saturated carbocycles. The second-order valence-electron chi connectivity index (χ2n) is 5.19. The Balaban J connectivity index is 2.05. The lowest BCUT2D eigenvalue weighted by Crippen LogP contribution is -2.30. The summed E-state index contributed by atoms with van der Waals surface area (Å²) in [5.41, 5.74) is 8.10. The van der Waals surface area contributed by atoms with Gasteiger partial charge in [-0.3, -0.25) is 5.32 Å². The van der Waals surface area contributed by atoms with Crippen molar-refractivity contribution in [1.82, 2.24) is 5.32 Å². The predicted molar refractivity (Wildman–Crippen MR) is 108 cm³/mol. The molecule has 4 nitrogen and oxygen atoms in total. The molecule has 130 valence electrons. The molecule has 0 saturated heterocycles. The van der Waals surface area contributed by atoms with Crippen LogP contribution < -0.4 is 11.1 Å². The summed E-state index contributed by atoms with van der Waals surface area (Å²) in [6.07, 6.45) is -0.654. The van der Waals surface area contributed by atoms with E-state index in [1.54, 1.807) is 25.1 Å². The van der Waals surface area contributed by atoms with Gasteiger partial charge >= 0.3 is 6.09 Å². The van der Waals surface area contributed by atoms with Crippen LogP contribution >= 0.6 is 39.7 Å². The maximum absolute atomic E-state index is 12.1. The second kappa shape index (κ2) is 8.99. The summed E-state index contributed by atoms with van der Waals surface area (Å²) in [6, 6.07) is 14.5. The molecule has 0 bridgehead atoms. The van der Waals surface area contributed by atoms with Gasteiger partial charge in [0.25, 0.3) is 0 Å².